The Morgan fingerprint density at radius 3 is 2.60 bits per heavy atom. The van der Waals surface area contributed by atoms with E-state index in [1.165, 1.54) is 24.1 Å². The lowest BCUT2D eigenvalue weighted by atomic mass is 10.1. The van der Waals surface area contributed by atoms with Gasteiger partial charge in [0.25, 0.3) is 0 Å². The molecule has 1 aliphatic heterocycles. The molecule has 0 radical (unpaired) electrons. The monoisotopic (exact) mass is 435 g/mol. The highest BCUT2D eigenvalue weighted by Gasteiger charge is 2.35. The summed E-state index contributed by atoms with van der Waals surface area (Å²) in [6.45, 7) is 0.314. The minimum atomic E-state index is -4.50. The maximum Gasteiger partial charge on any atom is 0.416 e. The molecule has 2 amide bonds. The topological polar surface area (TPSA) is 61.8 Å². The normalized spacial score (nSPS) is 18.5. The average Bonchev–Trinajstić information content (AvgIpc) is 2.72. The van der Waals surface area contributed by atoms with Gasteiger partial charge in [-0.25, -0.2) is 4.99 Å². The molecule has 0 spiro atoms. The lowest BCUT2D eigenvalue weighted by Gasteiger charge is -2.31. The van der Waals surface area contributed by atoms with E-state index in [-0.39, 0.29) is 29.1 Å². The molecule has 5 nitrogen and oxygen atoms in total. The number of nitrogens with zero attached hydrogens (tertiary/aromatic N) is 2. The molecule has 1 fully saturated rings. The van der Waals surface area contributed by atoms with E-state index in [0.717, 1.165) is 29.5 Å². The summed E-state index contributed by atoms with van der Waals surface area (Å²) in [6.07, 6.45) is -3.94. The Hall–Kier alpha value is -2.81. The molecular formula is C21H20F3N3O2S. The highest BCUT2D eigenvalue weighted by molar-refractivity contribution is 8.15. The lowest BCUT2D eigenvalue weighted by Crippen LogP contribution is -2.46. The minimum absolute atomic E-state index is 0.000735. The number of aliphatic imine (C=N–C) groups is 1. The van der Waals surface area contributed by atoms with E-state index in [1.807, 2.05) is 30.3 Å². The molecule has 158 valence electrons. The van der Waals surface area contributed by atoms with Gasteiger partial charge in [0.2, 0.25) is 11.8 Å². The molecule has 0 bridgehead atoms. The molecule has 0 aliphatic carbocycles. The number of benzene rings is 2. The summed E-state index contributed by atoms with van der Waals surface area (Å²) < 4.78 is 39.1. The van der Waals surface area contributed by atoms with Gasteiger partial charge in [0, 0.05) is 20.0 Å². The summed E-state index contributed by atoms with van der Waals surface area (Å²) in [6, 6.07) is 14.1. The largest absolute Gasteiger partial charge is 0.416 e. The number of amidine groups is 1. The fraction of sp³-hybridized carbons (Fsp3) is 0.286. The fourth-order valence-electron chi connectivity index (χ4n) is 2.97. The molecule has 0 aromatic heterocycles. The second-order valence-electron chi connectivity index (χ2n) is 6.65. The fourth-order valence-corrected chi connectivity index (χ4v) is 4.15. The quantitative estimate of drug-likeness (QED) is 0.772. The van der Waals surface area contributed by atoms with Crippen molar-refractivity contribution < 1.29 is 22.8 Å². The van der Waals surface area contributed by atoms with Gasteiger partial charge >= 0.3 is 6.18 Å². The van der Waals surface area contributed by atoms with Gasteiger partial charge in [-0.15, -0.1) is 0 Å². The van der Waals surface area contributed by atoms with Crippen LogP contribution in [0, 0.1) is 0 Å². The number of nitrogens with one attached hydrogen (secondary N) is 1. The molecule has 1 saturated heterocycles. The third-order valence-corrected chi connectivity index (χ3v) is 5.73. The van der Waals surface area contributed by atoms with Crippen LogP contribution < -0.4 is 5.32 Å². The maximum atomic E-state index is 13.0. The zero-order valence-corrected chi connectivity index (χ0v) is 17.0. The summed E-state index contributed by atoms with van der Waals surface area (Å²) in [7, 11) is 1.47. The number of hydrogen-bond acceptors (Lipinski definition) is 4. The van der Waals surface area contributed by atoms with Crippen molar-refractivity contribution in [2.24, 2.45) is 4.99 Å². The predicted octanol–water partition coefficient (Wildman–Crippen LogP) is 4.02. The smallest absolute Gasteiger partial charge is 0.358 e. The van der Waals surface area contributed by atoms with Gasteiger partial charge in [0.1, 0.15) is 0 Å². The van der Waals surface area contributed by atoms with Crippen LogP contribution in [-0.4, -0.2) is 40.7 Å². The van der Waals surface area contributed by atoms with E-state index in [9.17, 15) is 22.8 Å². The molecule has 9 heteroatoms. The molecule has 0 saturated carbocycles. The van der Waals surface area contributed by atoms with Gasteiger partial charge in [-0.3, -0.25) is 14.5 Å². The van der Waals surface area contributed by atoms with Gasteiger partial charge in [0.05, 0.1) is 16.5 Å². The van der Waals surface area contributed by atoms with E-state index in [0.29, 0.717) is 13.0 Å². The number of halogens is 3. The first-order chi connectivity index (χ1) is 14.3. The Morgan fingerprint density at radius 1 is 1.20 bits per heavy atom. The van der Waals surface area contributed by atoms with Crippen LogP contribution in [-0.2, 0) is 22.2 Å². The molecule has 30 heavy (non-hydrogen) atoms. The van der Waals surface area contributed by atoms with Crippen molar-refractivity contribution in [1.82, 2.24) is 10.2 Å². The molecule has 2 aromatic rings. The molecular weight excluding hydrogens is 415 g/mol. The average molecular weight is 435 g/mol. The number of thioether (sulfide) groups is 1. The highest BCUT2D eigenvalue weighted by atomic mass is 32.2. The van der Waals surface area contributed by atoms with Gasteiger partial charge in [0.15, 0.2) is 5.17 Å². The number of rotatable bonds is 5. The van der Waals surface area contributed by atoms with Crippen LogP contribution >= 0.6 is 11.8 Å². The number of amides is 2. The zero-order chi connectivity index (χ0) is 21.7. The second-order valence-corrected chi connectivity index (χ2v) is 7.82. The van der Waals surface area contributed by atoms with Crippen LogP contribution in [0.15, 0.2) is 59.6 Å². The van der Waals surface area contributed by atoms with Crippen LogP contribution in [0.3, 0.4) is 0 Å². The first kappa shape index (κ1) is 21.9. The van der Waals surface area contributed by atoms with Crippen LogP contribution in [0.5, 0.6) is 0 Å². The van der Waals surface area contributed by atoms with Crippen LogP contribution in [0.25, 0.3) is 0 Å². The van der Waals surface area contributed by atoms with E-state index in [1.54, 1.807) is 0 Å². The maximum absolute atomic E-state index is 13.0. The third kappa shape index (κ3) is 5.41. The third-order valence-electron chi connectivity index (χ3n) is 4.54. The Balaban J connectivity index is 1.90. The van der Waals surface area contributed by atoms with Crippen molar-refractivity contribution >= 4 is 34.4 Å². The lowest BCUT2D eigenvalue weighted by molar-refractivity contribution is -0.137. The molecule has 1 aliphatic rings. The zero-order valence-electron chi connectivity index (χ0n) is 16.1. The van der Waals surface area contributed by atoms with Crippen LogP contribution in [0.4, 0.5) is 18.9 Å². The SMILES string of the molecule is CNC(=O)[C@H]1CC(=O)N(CCc2ccccc2)C(=Nc2cccc(C(F)(F)F)c2)S1. The highest BCUT2D eigenvalue weighted by Crippen LogP contribution is 2.33. The van der Waals surface area contributed by atoms with Crippen molar-refractivity contribution in [3.05, 3.63) is 65.7 Å². The van der Waals surface area contributed by atoms with Crippen molar-refractivity contribution in [1.29, 1.82) is 0 Å². The van der Waals surface area contributed by atoms with Crippen LogP contribution in [0.2, 0.25) is 0 Å². The van der Waals surface area contributed by atoms with E-state index in [4.69, 9.17) is 0 Å². The van der Waals surface area contributed by atoms with E-state index >= 15 is 0 Å². The number of hydrogen-bond donors (Lipinski definition) is 1. The summed E-state index contributed by atoms with van der Waals surface area (Å²) in [5.41, 5.74) is 0.264. The summed E-state index contributed by atoms with van der Waals surface area (Å²) in [5, 5.41) is 2.04. The summed E-state index contributed by atoms with van der Waals surface area (Å²) in [4.78, 5) is 30.6. The van der Waals surface area contributed by atoms with Gasteiger partial charge in [-0.1, -0.05) is 48.2 Å². The number of carbonyl (C=O) groups excluding carboxylic acids is 2. The first-order valence-electron chi connectivity index (χ1n) is 9.26. The van der Waals surface area contributed by atoms with Gasteiger partial charge < -0.3 is 5.32 Å². The Bertz CT molecular complexity index is 948. The van der Waals surface area contributed by atoms with Crippen molar-refractivity contribution in [2.45, 2.75) is 24.3 Å². The second kappa shape index (κ2) is 9.34. The Morgan fingerprint density at radius 2 is 1.93 bits per heavy atom. The van der Waals surface area contributed by atoms with Crippen LogP contribution in [0.1, 0.15) is 17.5 Å². The molecule has 1 atom stereocenters. The Labute approximate surface area is 176 Å². The van der Waals surface area contributed by atoms with Crippen molar-refractivity contribution in [2.75, 3.05) is 13.6 Å². The van der Waals surface area contributed by atoms with E-state index in [2.05, 4.69) is 10.3 Å². The molecule has 1 N–H and O–H groups in total. The summed E-state index contributed by atoms with van der Waals surface area (Å²) >= 11 is 1.08. The molecule has 1 heterocycles. The molecule has 3 rings (SSSR count). The summed E-state index contributed by atoms with van der Waals surface area (Å²) in [5.74, 6) is -0.614. The standard InChI is InChI=1S/C21H20F3N3O2S/c1-25-19(29)17-13-18(28)27(11-10-14-6-3-2-4-7-14)20(30-17)26-16-9-5-8-15(12-16)21(22,23)24/h2-9,12,17H,10-11,13H2,1H3,(H,25,29)/t17-/m1/s1. The van der Waals surface area contributed by atoms with Crippen molar-refractivity contribution in [3.63, 3.8) is 0 Å². The molecule has 0 unspecified atom stereocenters. The first-order valence-corrected chi connectivity index (χ1v) is 10.1. The van der Waals surface area contributed by atoms with E-state index < -0.39 is 17.0 Å². The minimum Gasteiger partial charge on any atom is -0.358 e. The van der Waals surface area contributed by atoms with Gasteiger partial charge in [-0.2, -0.15) is 13.2 Å². The number of carbonyl (C=O) groups is 2. The number of alkyl halides is 3. The van der Waals surface area contributed by atoms with Crippen molar-refractivity contribution in [3.8, 4) is 0 Å². The predicted molar refractivity (Wildman–Crippen MR) is 110 cm³/mol. The van der Waals surface area contributed by atoms with Gasteiger partial charge in [-0.05, 0) is 30.2 Å². The Kier molecular flexibility index (Phi) is 6.81. The molecule has 2 aromatic carbocycles.